The highest BCUT2D eigenvalue weighted by molar-refractivity contribution is 4.86. The fourth-order valence-electron chi connectivity index (χ4n) is 3.05. The average molecular weight is 209 g/mol. The van der Waals surface area contributed by atoms with Gasteiger partial charge in [-0.05, 0) is 38.5 Å². The van der Waals surface area contributed by atoms with E-state index < -0.39 is 0 Å². The number of hydrogen-bond donors (Lipinski definition) is 0. The third-order valence-electron chi connectivity index (χ3n) is 4.08. The molecule has 2 saturated carbocycles. The van der Waals surface area contributed by atoms with Gasteiger partial charge in [0.15, 0.2) is 0 Å². The number of ether oxygens (including phenoxy) is 1. The third kappa shape index (κ3) is 3.48. The molecule has 0 aromatic carbocycles. The first-order valence-corrected chi connectivity index (χ1v) is 6.86. The monoisotopic (exact) mass is 209 g/mol. The molecule has 0 bridgehead atoms. The molecule has 15 heavy (non-hydrogen) atoms. The lowest BCUT2D eigenvalue weighted by Gasteiger charge is -2.31. The van der Waals surface area contributed by atoms with Crippen LogP contribution in [0.4, 0.5) is 0 Å². The summed E-state index contributed by atoms with van der Waals surface area (Å²) in [5, 5.41) is 0. The van der Waals surface area contributed by atoms with Gasteiger partial charge in [0.2, 0.25) is 0 Å². The lowest BCUT2D eigenvalue weighted by atomic mass is 9.85. The Hall–Kier alpha value is -0.0400. The molecule has 0 aromatic heterocycles. The average Bonchev–Trinajstić information content (AvgIpc) is 2.31. The summed E-state index contributed by atoms with van der Waals surface area (Å²) in [5.74, 6) is 0.778. The standard InChI is InChI=1S/C14H25O/c1-12(13-8-4-2-5-9-13)15-14-10-6-3-7-11-14/h13-14H,2-11H2,1H3. The van der Waals surface area contributed by atoms with Crippen LogP contribution < -0.4 is 0 Å². The molecular formula is C14H25O. The number of hydrogen-bond acceptors (Lipinski definition) is 1. The molecule has 0 spiro atoms. The van der Waals surface area contributed by atoms with Gasteiger partial charge in [-0.25, -0.2) is 0 Å². The van der Waals surface area contributed by atoms with Gasteiger partial charge < -0.3 is 4.74 Å². The second-order valence-electron chi connectivity index (χ2n) is 5.32. The molecule has 2 aliphatic rings. The topological polar surface area (TPSA) is 9.23 Å². The fraction of sp³-hybridized carbons (Fsp3) is 0.929. The maximum atomic E-state index is 6.15. The van der Waals surface area contributed by atoms with Crippen LogP contribution in [0.2, 0.25) is 0 Å². The van der Waals surface area contributed by atoms with Gasteiger partial charge in [-0.3, -0.25) is 0 Å². The molecule has 1 radical (unpaired) electrons. The van der Waals surface area contributed by atoms with Gasteiger partial charge in [0.25, 0.3) is 0 Å². The largest absolute Gasteiger partial charge is 0.369 e. The highest BCUT2D eigenvalue weighted by atomic mass is 16.5. The van der Waals surface area contributed by atoms with Crippen molar-refractivity contribution < 1.29 is 4.74 Å². The lowest BCUT2D eigenvalue weighted by Crippen LogP contribution is -2.24. The summed E-state index contributed by atoms with van der Waals surface area (Å²) in [6, 6.07) is 0. The Kier molecular flexibility index (Phi) is 4.49. The van der Waals surface area contributed by atoms with Crippen LogP contribution in [0.1, 0.15) is 71.1 Å². The Labute approximate surface area is 94.6 Å². The van der Waals surface area contributed by atoms with E-state index in [-0.39, 0.29) is 0 Å². The molecule has 0 aromatic rings. The van der Waals surface area contributed by atoms with Crippen molar-refractivity contribution in [1.82, 2.24) is 0 Å². The predicted molar refractivity (Wildman–Crippen MR) is 63.5 cm³/mol. The summed E-state index contributed by atoms with van der Waals surface area (Å²) in [6.45, 7) is 2.23. The van der Waals surface area contributed by atoms with Crippen LogP contribution in [0.3, 0.4) is 0 Å². The molecule has 0 heterocycles. The van der Waals surface area contributed by atoms with E-state index in [4.69, 9.17) is 4.74 Å². The maximum Gasteiger partial charge on any atom is 0.0974 e. The Morgan fingerprint density at radius 2 is 1.33 bits per heavy atom. The van der Waals surface area contributed by atoms with Crippen molar-refractivity contribution >= 4 is 0 Å². The summed E-state index contributed by atoms with van der Waals surface area (Å²) in [4.78, 5) is 0. The van der Waals surface area contributed by atoms with Crippen molar-refractivity contribution in [3.05, 3.63) is 6.10 Å². The van der Waals surface area contributed by atoms with E-state index >= 15 is 0 Å². The molecule has 0 amide bonds. The van der Waals surface area contributed by atoms with E-state index in [1.54, 1.807) is 0 Å². The van der Waals surface area contributed by atoms with Gasteiger partial charge in [0.05, 0.1) is 12.2 Å². The molecule has 0 aliphatic heterocycles. The summed E-state index contributed by atoms with van der Waals surface area (Å²) < 4.78 is 6.15. The molecule has 1 nitrogen and oxygen atoms in total. The first kappa shape index (κ1) is 11.4. The fourth-order valence-corrected chi connectivity index (χ4v) is 3.05. The zero-order chi connectivity index (χ0) is 10.5. The summed E-state index contributed by atoms with van der Waals surface area (Å²) >= 11 is 0. The summed E-state index contributed by atoms with van der Waals surface area (Å²) in [5.41, 5.74) is 0. The van der Waals surface area contributed by atoms with Gasteiger partial charge in [-0.1, -0.05) is 38.5 Å². The van der Waals surface area contributed by atoms with Crippen molar-refractivity contribution in [2.45, 2.75) is 77.2 Å². The first-order valence-electron chi connectivity index (χ1n) is 6.86. The highest BCUT2D eigenvalue weighted by Crippen LogP contribution is 2.34. The van der Waals surface area contributed by atoms with Crippen LogP contribution in [0.25, 0.3) is 0 Å². The Bertz CT molecular complexity index is 166. The molecular weight excluding hydrogens is 184 g/mol. The third-order valence-corrected chi connectivity index (χ3v) is 4.08. The zero-order valence-corrected chi connectivity index (χ0v) is 10.1. The second kappa shape index (κ2) is 5.89. The second-order valence-corrected chi connectivity index (χ2v) is 5.32. The molecule has 0 atom stereocenters. The Morgan fingerprint density at radius 1 is 0.800 bits per heavy atom. The van der Waals surface area contributed by atoms with E-state index in [0.717, 1.165) is 5.92 Å². The molecule has 87 valence electrons. The highest BCUT2D eigenvalue weighted by Gasteiger charge is 2.25. The Balaban J connectivity index is 1.72. The molecule has 0 saturated heterocycles. The van der Waals surface area contributed by atoms with Crippen LogP contribution in [-0.4, -0.2) is 6.10 Å². The van der Waals surface area contributed by atoms with E-state index in [2.05, 4.69) is 6.92 Å². The lowest BCUT2D eigenvalue weighted by molar-refractivity contribution is 0.0113. The van der Waals surface area contributed by atoms with Gasteiger partial charge in [-0.2, -0.15) is 0 Å². The Morgan fingerprint density at radius 3 is 1.93 bits per heavy atom. The van der Waals surface area contributed by atoms with Gasteiger partial charge in [0.1, 0.15) is 0 Å². The normalized spacial score (nSPS) is 26.0. The van der Waals surface area contributed by atoms with Crippen LogP contribution in [0.5, 0.6) is 0 Å². The number of rotatable bonds is 3. The quantitative estimate of drug-likeness (QED) is 0.666. The van der Waals surface area contributed by atoms with Crippen LogP contribution in [0.15, 0.2) is 0 Å². The van der Waals surface area contributed by atoms with Crippen molar-refractivity contribution in [1.29, 1.82) is 0 Å². The van der Waals surface area contributed by atoms with Crippen molar-refractivity contribution in [3.63, 3.8) is 0 Å². The summed E-state index contributed by atoms with van der Waals surface area (Å²) in [7, 11) is 0. The minimum absolute atomic E-state index is 0.556. The van der Waals surface area contributed by atoms with Gasteiger partial charge in [0, 0.05) is 0 Å². The maximum absolute atomic E-state index is 6.15. The smallest absolute Gasteiger partial charge is 0.0974 e. The summed E-state index contributed by atoms with van der Waals surface area (Å²) in [6.07, 6.45) is 15.7. The first-order chi connectivity index (χ1) is 7.36. The van der Waals surface area contributed by atoms with Crippen molar-refractivity contribution in [2.75, 3.05) is 0 Å². The van der Waals surface area contributed by atoms with Crippen molar-refractivity contribution in [3.8, 4) is 0 Å². The molecule has 2 rings (SSSR count). The molecule has 2 aliphatic carbocycles. The SMILES string of the molecule is C[C](OC1CCCCC1)C1CCCCC1. The van der Waals surface area contributed by atoms with E-state index in [0.29, 0.717) is 6.10 Å². The van der Waals surface area contributed by atoms with E-state index in [1.165, 1.54) is 70.3 Å². The van der Waals surface area contributed by atoms with Crippen LogP contribution in [0, 0.1) is 12.0 Å². The zero-order valence-electron chi connectivity index (χ0n) is 10.1. The van der Waals surface area contributed by atoms with Crippen LogP contribution >= 0.6 is 0 Å². The van der Waals surface area contributed by atoms with Gasteiger partial charge in [-0.15, -0.1) is 0 Å². The molecule has 0 N–H and O–H groups in total. The van der Waals surface area contributed by atoms with E-state index in [1.807, 2.05) is 0 Å². The van der Waals surface area contributed by atoms with Crippen LogP contribution in [-0.2, 0) is 4.74 Å². The molecule has 0 unspecified atom stereocenters. The minimum Gasteiger partial charge on any atom is -0.369 e. The van der Waals surface area contributed by atoms with Crippen molar-refractivity contribution in [2.24, 2.45) is 5.92 Å². The molecule has 2 fully saturated rings. The predicted octanol–water partition coefficient (Wildman–Crippen LogP) is 4.47. The van der Waals surface area contributed by atoms with E-state index in [9.17, 15) is 0 Å². The minimum atomic E-state index is 0.556. The van der Waals surface area contributed by atoms with Gasteiger partial charge >= 0.3 is 0 Å². The molecule has 1 heteroatoms.